The molecular weight excluding hydrogens is 500 g/mol. The topological polar surface area (TPSA) is 112 Å². The molecule has 0 saturated heterocycles. The Morgan fingerprint density at radius 2 is 1.87 bits per heavy atom. The summed E-state index contributed by atoms with van der Waals surface area (Å²) < 4.78 is 30.0. The van der Waals surface area contributed by atoms with Crippen LogP contribution in [-0.4, -0.2) is 36.0 Å². The predicted octanol–water partition coefficient (Wildman–Crippen LogP) is 6.25. The Morgan fingerprint density at radius 1 is 0.974 bits per heavy atom. The van der Waals surface area contributed by atoms with Crippen LogP contribution in [0, 0.1) is 17.6 Å². The molecule has 39 heavy (non-hydrogen) atoms. The predicted molar refractivity (Wildman–Crippen MR) is 144 cm³/mol. The molecule has 3 N–H and O–H groups in total. The quantitative estimate of drug-likeness (QED) is 0.248. The number of benzene rings is 2. The number of pyridine rings is 2. The number of amides is 1. The molecule has 10 heteroatoms. The molecule has 1 fully saturated rings. The number of halogens is 2. The standard InChI is InChI=1S/C29H21F2N7O/c30-18-6-2-5-16(11-18)25-26-22(9-10-33-25)35-28(36-26)27-23-21(37-38-27)8-7-20(24(23)31)17-12-19(14-32-13-17)34-29(39)15-3-1-4-15/h2,5-15H,1,3-4H2,(H,34,39)(H,35,36)(H,37,38). The second-order valence-electron chi connectivity index (χ2n) is 9.65. The number of hydrogen-bond donors (Lipinski definition) is 3. The van der Waals surface area contributed by atoms with Crippen molar-refractivity contribution in [3.8, 4) is 33.9 Å². The Morgan fingerprint density at radius 3 is 2.69 bits per heavy atom. The lowest BCUT2D eigenvalue weighted by atomic mass is 9.85. The Hall–Kier alpha value is -4.99. The first-order valence-electron chi connectivity index (χ1n) is 12.6. The van der Waals surface area contributed by atoms with Gasteiger partial charge in [0.2, 0.25) is 5.91 Å². The van der Waals surface area contributed by atoms with Crippen LogP contribution >= 0.6 is 0 Å². The summed E-state index contributed by atoms with van der Waals surface area (Å²) in [6, 6.07) is 13.0. The normalized spacial score (nSPS) is 13.6. The largest absolute Gasteiger partial charge is 0.336 e. The zero-order valence-electron chi connectivity index (χ0n) is 20.5. The number of carbonyl (C=O) groups excluding carboxylic acids is 1. The highest BCUT2D eigenvalue weighted by atomic mass is 19.1. The minimum Gasteiger partial charge on any atom is -0.336 e. The third-order valence-corrected chi connectivity index (χ3v) is 7.18. The average Bonchev–Trinajstić information content (AvgIpc) is 3.52. The summed E-state index contributed by atoms with van der Waals surface area (Å²) in [5.74, 6) is -0.543. The first kappa shape index (κ1) is 23.2. The minimum atomic E-state index is -0.496. The second kappa shape index (κ2) is 9.09. The molecule has 1 saturated carbocycles. The van der Waals surface area contributed by atoms with E-state index in [0.29, 0.717) is 56.1 Å². The maximum Gasteiger partial charge on any atom is 0.227 e. The maximum absolute atomic E-state index is 16.1. The van der Waals surface area contributed by atoms with Crippen molar-refractivity contribution < 1.29 is 13.6 Å². The van der Waals surface area contributed by atoms with Gasteiger partial charge in [0.1, 0.15) is 22.8 Å². The maximum atomic E-state index is 16.1. The molecule has 0 spiro atoms. The SMILES string of the molecule is O=C(Nc1cncc(-c2ccc3[nH]nc(-c4nc5c(-c6cccc(F)c6)nccc5[nH]4)c3c2F)c1)C1CCC1. The summed E-state index contributed by atoms with van der Waals surface area (Å²) in [4.78, 5) is 28.9. The van der Waals surface area contributed by atoms with E-state index in [9.17, 15) is 9.18 Å². The van der Waals surface area contributed by atoms with E-state index < -0.39 is 5.82 Å². The molecule has 0 atom stereocenters. The van der Waals surface area contributed by atoms with E-state index >= 15 is 4.39 Å². The Bertz CT molecular complexity index is 1890. The molecule has 0 radical (unpaired) electrons. The highest BCUT2D eigenvalue weighted by molar-refractivity contribution is 5.98. The summed E-state index contributed by atoms with van der Waals surface area (Å²) in [6.07, 6.45) is 7.54. The number of nitrogens with zero attached hydrogens (tertiary/aromatic N) is 4. The van der Waals surface area contributed by atoms with Gasteiger partial charge >= 0.3 is 0 Å². The fraction of sp³-hybridized carbons (Fsp3) is 0.138. The van der Waals surface area contributed by atoms with Crippen LogP contribution in [0.3, 0.4) is 0 Å². The van der Waals surface area contributed by atoms with E-state index in [2.05, 4.69) is 35.5 Å². The smallest absolute Gasteiger partial charge is 0.227 e. The van der Waals surface area contributed by atoms with Crippen LogP contribution in [0.25, 0.3) is 55.8 Å². The lowest BCUT2D eigenvalue weighted by molar-refractivity contribution is -0.122. The number of anilines is 1. The molecule has 6 aromatic rings. The highest BCUT2D eigenvalue weighted by Gasteiger charge is 2.25. The third kappa shape index (κ3) is 4.01. The number of hydrogen-bond acceptors (Lipinski definition) is 5. The van der Waals surface area contributed by atoms with Crippen molar-refractivity contribution in [1.82, 2.24) is 30.1 Å². The van der Waals surface area contributed by atoms with Crippen LogP contribution < -0.4 is 5.32 Å². The van der Waals surface area contributed by atoms with E-state index in [-0.39, 0.29) is 23.0 Å². The van der Waals surface area contributed by atoms with E-state index in [0.717, 1.165) is 19.3 Å². The molecule has 1 amide bonds. The molecule has 4 heterocycles. The summed E-state index contributed by atoms with van der Waals surface area (Å²) in [6.45, 7) is 0. The van der Waals surface area contributed by atoms with Crippen molar-refractivity contribution in [2.45, 2.75) is 19.3 Å². The van der Waals surface area contributed by atoms with Crippen molar-refractivity contribution in [1.29, 1.82) is 0 Å². The van der Waals surface area contributed by atoms with Crippen LogP contribution in [0.5, 0.6) is 0 Å². The van der Waals surface area contributed by atoms with Crippen molar-refractivity contribution in [2.75, 3.05) is 5.32 Å². The number of imidazole rings is 1. The van der Waals surface area contributed by atoms with Gasteiger partial charge in [-0.1, -0.05) is 18.6 Å². The fourth-order valence-electron chi connectivity index (χ4n) is 4.93. The van der Waals surface area contributed by atoms with E-state index in [1.165, 1.54) is 12.1 Å². The molecule has 1 aliphatic carbocycles. The number of aromatic nitrogens is 6. The van der Waals surface area contributed by atoms with Gasteiger partial charge in [0.05, 0.1) is 34.0 Å². The Kier molecular flexibility index (Phi) is 5.39. The molecule has 0 bridgehead atoms. The lowest BCUT2D eigenvalue weighted by Crippen LogP contribution is -2.28. The molecule has 4 aromatic heterocycles. The zero-order chi connectivity index (χ0) is 26.5. The molecular formula is C29H21F2N7O. The van der Waals surface area contributed by atoms with Crippen LogP contribution in [0.2, 0.25) is 0 Å². The monoisotopic (exact) mass is 521 g/mol. The van der Waals surface area contributed by atoms with Crippen LogP contribution in [0.1, 0.15) is 19.3 Å². The first-order valence-corrected chi connectivity index (χ1v) is 12.6. The molecule has 192 valence electrons. The number of carbonyl (C=O) groups is 1. The van der Waals surface area contributed by atoms with Crippen molar-refractivity contribution in [3.05, 3.63) is 78.8 Å². The van der Waals surface area contributed by atoms with Gasteiger partial charge in [-0.3, -0.25) is 19.9 Å². The van der Waals surface area contributed by atoms with Crippen LogP contribution in [0.15, 0.2) is 67.1 Å². The second-order valence-corrected chi connectivity index (χ2v) is 9.65. The molecule has 7 rings (SSSR count). The van der Waals surface area contributed by atoms with E-state index in [4.69, 9.17) is 0 Å². The van der Waals surface area contributed by atoms with Gasteiger partial charge in [-0.25, -0.2) is 13.8 Å². The molecule has 1 aliphatic rings. The van der Waals surface area contributed by atoms with E-state index in [1.54, 1.807) is 55.0 Å². The van der Waals surface area contributed by atoms with E-state index in [1.807, 2.05) is 0 Å². The van der Waals surface area contributed by atoms with Crippen LogP contribution in [-0.2, 0) is 4.79 Å². The summed E-state index contributed by atoms with van der Waals surface area (Å²) in [5, 5.41) is 10.4. The summed E-state index contributed by atoms with van der Waals surface area (Å²) >= 11 is 0. The Balaban J connectivity index is 1.30. The van der Waals surface area contributed by atoms with Gasteiger partial charge < -0.3 is 10.3 Å². The number of fused-ring (bicyclic) bond motifs is 2. The van der Waals surface area contributed by atoms with Crippen molar-refractivity contribution >= 4 is 33.5 Å². The lowest BCUT2D eigenvalue weighted by Gasteiger charge is -2.24. The number of H-pyrrole nitrogens is 2. The average molecular weight is 522 g/mol. The van der Waals surface area contributed by atoms with Gasteiger partial charge in [0.15, 0.2) is 5.82 Å². The number of nitrogens with one attached hydrogen (secondary N) is 3. The highest BCUT2D eigenvalue weighted by Crippen LogP contribution is 2.36. The van der Waals surface area contributed by atoms with Gasteiger partial charge in [0, 0.05) is 35.0 Å². The van der Waals surface area contributed by atoms with Gasteiger partial charge in [-0.2, -0.15) is 5.10 Å². The van der Waals surface area contributed by atoms with Crippen molar-refractivity contribution in [2.24, 2.45) is 5.92 Å². The summed E-state index contributed by atoms with van der Waals surface area (Å²) in [5.41, 5.74) is 4.41. The van der Waals surface area contributed by atoms with Crippen LogP contribution in [0.4, 0.5) is 14.5 Å². The first-order chi connectivity index (χ1) is 19.0. The summed E-state index contributed by atoms with van der Waals surface area (Å²) in [7, 11) is 0. The minimum absolute atomic E-state index is 0.0238. The zero-order valence-corrected chi connectivity index (χ0v) is 20.5. The molecule has 0 unspecified atom stereocenters. The Labute approximate surface area is 220 Å². The van der Waals surface area contributed by atoms with Gasteiger partial charge in [0.25, 0.3) is 0 Å². The number of aromatic amines is 2. The molecule has 0 aliphatic heterocycles. The number of rotatable bonds is 5. The molecule has 8 nitrogen and oxygen atoms in total. The van der Waals surface area contributed by atoms with Gasteiger partial charge in [-0.05, 0) is 49.2 Å². The molecule has 2 aromatic carbocycles. The van der Waals surface area contributed by atoms with Gasteiger partial charge in [-0.15, -0.1) is 0 Å². The van der Waals surface area contributed by atoms with Crippen molar-refractivity contribution in [3.63, 3.8) is 0 Å². The third-order valence-electron chi connectivity index (χ3n) is 7.18. The fourth-order valence-corrected chi connectivity index (χ4v) is 4.93.